The van der Waals surface area contributed by atoms with Crippen molar-refractivity contribution in [3.8, 4) is 5.75 Å². The molecule has 0 aliphatic carbocycles. The van der Waals surface area contributed by atoms with E-state index in [1.807, 2.05) is 0 Å². The van der Waals surface area contributed by atoms with Gasteiger partial charge >= 0.3 is 6.36 Å². The second kappa shape index (κ2) is 3.98. The zero-order valence-electron chi connectivity index (χ0n) is 7.14. The van der Waals surface area contributed by atoms with Gasteiger partial charge in [0.15, 0.2) is 0 Å². The van der Waals surface area contributed by atoms with Crippen LogP contribution in [0.25, 0.3) is 0 Å². The largest absolute Gasteiger partial charge is 0.573 e. The van der Waals surface area contributed by atoms with Crippen molar-refractivity contribution in [2.24, 2.45) is 5.73 Å². The Kier molecular flexibility index (Phi) is 3.09. The molecule has 15 heavy (non-hydrogen) atoms. The fourth-order valence-corrected chi connectivity index (χ4v) is 1.12. The average molecular weight is 240 g/mol. The van der Waals surface area contributed by atoms with Gasteiger partial charge in [-0.05, 0) is 18.2 Å². The van der Waals surface area contributed by atoms with E-state index in [-0.39, 0.29) is 10.6 Å². The molecule has 1 amide bonds. The first-order valence-corrected chi connectivity index (χ1v) is 4.02. The van der Waals surface area contributed by atoms with Gasteiger partial charge in [-0.25, -0.2) is 0 Å². The van der Waals surface area contributed by atoms with Crippen molar-refractivity contribution in [1.82, 2.24) is 0 Å². The Labute approximate surface area is 87.6 Å². The lowest BCUT2D eigenvalue weighted by molar-refractivity contribution is -0.274. The second-order valence-electron chi connectivity index (χ2n) is 2.59. The van der Waals surface area contributed by atoms with Crippen LogP contribution in [0.4, 0.5) is 13.2 Å². The van der Waals surface area contributed by atoms with Gasteiger partial charge in [-0.2, -0.15) is 0 Å². The molecule has 1 aromatic rings. The predicted molar refractivity (Wildman–Crippen MR) is 46.7 cm³/mol. The standard InChI is InChI=1S/C8H5ClF3NO2/c9-5-1-4(7(13)14)2-6(3-5)15-8(10,11)12/h1-3H,(H2,13,14). The number of rotatable bonds is 2. The van der Waals surface area contributed by atoms with Crippen LogP contribution in [0, 0.1) is 0 Å². The van der Waals surface area contributed by atoms with Crippen LogP contribution in [0.5, 0.6) is 5.75 Å². The highest BCUT2D eigenvalue weighted by atomic mass is 35.5. The van der Waals surface area contributed by atoms with E-state index in [9.17, 15) is 18.0 Å². The molecule has 2 N–H and O–H groups in total. The molecule has 0 fully saturated rings. The van der Waals surface area contributed by atoms with Gasteiger partial charge in [0.1, 0.15) is 5.75 Å². The van der Waals surface area contributed by atoms with E-state index < -0.39 is 18.0 Å². The monoisotopic (exact) mass is 239 g/mol. The van der Waals surface area contributed by atoms with Gasteiger partial charge in [0, 0.05) is 10.6 Å². The third-order valence-corrected chi connectivity index (χ3v) is 1.61. The summed E-state index contributed by atoms with van der Waals surface area (Å²) in [6, 6.07) is 2.94. The van der Waals surface area contributed by atoms with E-state index in [1.165, 1.54) is 0 Å². The maximum Gasteiger partial charge on any atom is 0.573 e. The molecule has 0 heterocycles. The summed E-state index contributed by atoms with van der Waals surface area (Å²) in [5.74, 6) is -1.46. The summed E-state index contributed by atoms with van der Waals surface area (Å²) in [7, 11) is 0. The first-order valence-electron chi connectivity index (χ1n) is 3.64. The van der Waals surface area contributed by atoms with Crippen molar-refractivity contribution in [3.63, 3.8) is 0 Å². The van der Waals surface area contributed by atoms with Crippen molar-refractivity contribution in [2.45, 2.75) is 6.36 Å². The first-order chi connectivity index (χ1) is 6.78. The Bertz CT molecular complexity index is 392. The number of alkyl halides is 3. The molecule has 1 rings (SSSR count). The molecule has 0 radical (unpaired) electrons. The molecule has 82 valence electrons. The summed E-state index contributed by atoms with van der Waals surface area (Å²) in [5, 5.41) is -0.0643. The zero-order valence-corrected chi connectivity index (χ0v) is 7.89. The number of benzene rings is 1. The van der Waals surface area contributed by atoms with Crippen molar-refractivity contribution in [3.05, 3.63) is 28.8 Å². The molecule has 0 atom stereocenters. The second-order valence-corrected chi connectivity index (χ2v) is 3.02. The third-order valence-electron chi connectivity index (χ3n) is 1.39. The number of amides is 1. The van der Waals surface area contributed by atoms with Crippen LogP contribution in [-0.2, 0) is 0 Å². The minimum absolute atomic E-state index is 0.0643. The molecule has 0 saturated carbocycles. The topological polar surface area (TPSA) is 52.3 Å². The number of primary amides is 1. The highest BCUT2D eigenvalue weighted by Crippen LogP contribution is 2.26. The highest BCUT2D eigenvalue weighted by molar-refractivity contribution is 6.31. The number of carbonyl (C=O) groups excluding carboxylic acids is 1. The average Bonchev–Trinajstić information content (AvgIpc) is 1.99. The van der Waals surface area contributed by atoms with E-state index in [1.54, 1.807) is 0 Å². The fourth-order valence-electron chi connectivity index (χ4n) is 0.898. The Morgan fingerprint density at radius 3 is 2.40 bits per heavy atom. The van der Waals surface area contributed by atoms with Crippen LogP contribution in [-0.4, -0.2) is 12.3 Å². The van der Waals surface area contributed by atoms with Crippen molar-refractivity contribution in [2.75, 3.05) is 0 Å². The molecule has 0 unspecified atom stereocenters. The number of ether oxygens (including phenoxy) is 1. The van der Waals surface area contributed by atoms with Crippen molar-refractivity contribution in [1.29, 1.82) is 0 Å². The van der Waals surface area contributed by atoms with E-state index in [0.29, 0.717) is 0 Å². The van der Waals surface area contributed by atoms with Crippen molar-refractivity contribution < 1.29 is 22.7 Å². The molecule has 0 bridgehead atoms. The Hall–Kier alpha value is -1.43. The lowest BCUT2D eigenvalue weighted by atomic mass is 10.2. The minimum atomic E-state index is -4.83. The Balaban J connectivity index is 3.04. The molecule has 1 aromatic carbocycles. The number of nitrogens with two attached hydrogens (primary N) is 1. The van der Waals surface area contributed by atoms with E-state index in [0.717, 1.165) is 18.2 Å². The van der Waals surface area contributed by atoms with Crippen molar-refractivity contribution >= 4 is 17.5 Å². The molecule has 0 spiro atoms. The molecule has 3 nitrogen and oxygen atoms in total. The van der Waals surface area contributed by atoms with Gasteiger partial charge in [0.05, 0.1) is 0 Å². The maximum absolute atomic E-state index is 11.8. The minimum Gasteiger partial charge on any atom is -0.406 e. The smallest absolute Gasteiger partial charge is 0.406 e. The molecule has 0 aliphatic rings. The third kappa shape index (κ3) is 3.67. The summed E-state index contributed by atoms with van der Waals surface area (Å²) in [4.78, 5) is 10.7. The molecule has 0 aromatic heterocycles. The van der Waals surface area contributed by atoms with Crippen LogP contribution in [0.15, 0.2) is 18.2 Å². The van der Waals surface area contributed by atoms with Crippen LogP contribution in [0.1, 0.15) is 10.4 Å². The van der Waals surface area contributed by atoms with Crippen LogP contribution in [0.3, 0.4) is 0 Å². The van der Waals surface area contributed by atoms with Gasteiger partial charge in [-0.3, -0.25) is 4.79 Å². The van der Waals surface area contributed by atoms with E-state index in [2.05, 4.69) is 4.74 Å². The number of hydrogen-bond acceptors (Lipinski definition) is 2. The van der Waals surface area contributed by atoms with Crippen LogP contribution in [0.2, 0.25) is 5.02 Å². The highest BCUT2D eigenvalue weighted by Gasteiger charge is 2.31. The van der Waals surface area contributed by atoms with E-state index in [4.69, 9.17) is 17.3 Å². The number of halogens is 4. The predicted octanol–water partition coefficient (Wildman–Crippen LogP) is 2.34. The van der Waals surface area contributed by atoms with Crippen LogP contribution >= 0.6 is 11.6 Å². The summed E-state index contributed by atoms with van der Waals surface area (Å²) in [6.07, 6.45) is -4.83. The quantitative estimate of drug-likeness (QED) is 0.861. The molecule has 0 saturated heterocycles. The van der Waals surface area contributed by atoms with Gasteiger partial charge in [-0.1, -0.05) is 11.6 Å². The van der Waals surface area contributed by atoms with Gasteiger partial charge in [0.25, 0.3) is 0 Å². The summed E-state index contributed by atoms with van der Waals surface area (Å²) < 4.78 is 39.1. The maximum atomic E-state index is 11.8. The lowest BCUT2D eigenvalue weighted by Crippen LogP contribution is -2.18. The molecular weight excluding hydrogens is 235 g/mol. The van der Waals surface area contributed by atoms with Gasteiger partial charge in [-0.15, -0.1) is 13.2 Å². The number of carbonyl (C=O) groups is 1. The number of hydrogen-bond donors (Lipinski definition) is 1. The van der Waals surface area contributed by atoms with Gasteiger partial charge < -0.3 is 10.5 Å². The molecule has 7 heteroatoms. The summed E-state index contributed by atoms with van der Waals surface area (Å²) in [6.45, 7) is 0. The molecular formula is C8H5ClF3NO2. The summed E-state index contributed by atoms with van der Waals surface area (Å²) in [5.41, 5.74) is 4.73. The fraction of sp³-hybridized carbons (Fsp3) is 0.125. The molecule has 0 aliphatic heterocycles. The Morgan fingerprint density at radius 1 is 1.33 bits per heavy atom. The summed E-state index contributed by atoms with van der Waals surface area (Å²) >= 11 is 5.47. The zero-order chi connectivity index (χ0) is 11.6. The van der Waals surface area contributed by atoms with Crippen LogP contribution < -0.4 is 10.5 Å². The van der Waals surface area contributed by atoms with E-state index >= 15 is 0 Å². The Morgan fingerprint density at radius 2 is 1.93 bits per heavy atom. The lowest BCUT2D eigenvalue weighted by Gasteiger charge is -2.09. The normalized spacial score (nSPS) is 11.2. The SMILES string of the molecule is NC(=O)c1cc(Cl)cc(OC(F)(F)F)c1. The first kappa shape index (κ1) is 11.6. The van der Waals surface area contributed by atoms with Gasteiger partial charge in [0.2, 0.25) is 5.91 Å².